The van der Waals surface area contributed by atoms with Crippen molar-refractivity contribution >= 4 is 34.1 Å². The molecule has 0 unspecified atom stereocenters. The van der Waals surface area contributed by atoms with Gasteiger partial charge in [0, 0.05) is 23.7 Å². The molecular weight excluding hydrogens is 382 g/mol. The fourth-order valence-electron chi connectivity index (χ4n) is 2.35. The second kappa shape index (κ2) is 8.83. The molecule has 0 saturated carbocycles. The van der Waals surface area contributed by atoms with Crippen LogP contribution in [0.1, 0.15) is 6.92 Å². The van der Waals surface area contributed by atoms with Gasteiger partial charge in [-0.15, -0.1) is 28.1 Å². The monoisotopic (exact) mass is 401 g/mol. The maximum atomic E-state index is 12.4. The predicted molar refractivity (Wildman–Crippen MR) is 108 cm³/mol. The first kappa shape index (κ1) is 19.1. The van der Waals surface area contributed by atoms with Crippen molar-refractivity contribution in [1.82, 2.24) is 19.7 Å². The standard InChI is InChI=1S/C18H19N5O2S2/c1-4-9-23-15(13-6-5-7-14(11-13)25-3)21-22-18(23)27-12(2)16(24)20-17-19-8-10-26-17/h4-8,10-12H,1,9H2,2-3H3,(H,19,20,24)/t12-/m0/s1. The van der Waals surface area contributed by atoms with Gasteiger partial charge in [0.1, 0.15) is 5.75 Å². The van der Waals surface area contributed by atoms with E-state index in [1.54, 1.807) is 19.4 Å². The number of aromatic nitrogens is 4. The summed E-state index contributed by atoms with van der Waals surface area (Å²) in [4.78, 5) is 16.5. The molecule has 1 atom stereocenters. The number of nitrogens with one attached hydrogen (secondary N) is 1. The summed E-state index contributed by atoms with van der Waals surface area (Å²) in [6.07, 6.45) is 3.43. The second-order valence-corrected chi connectivity index (χ2v) is 7.73. The Morgan fingerprint density at radius 1 is 1.48 bits per heavy atom. The molecule has 1 N–H and O–H groups in total. The summed E-state index contributed by atoms with van der Waals surface area (Å²) in [5.41, 5.74) is 0.885. The van der Waals surface area contributed by atoms with Crippen LogP contribution in [0, 0.1) is 0 Å². The zero-order valence-electron chi connectivity index (χ0n) is 15.0. The molecule has 0 fully saturated rings. The number of hydrogen-bond donors (Lipinski definition) is 1. The number of benzene rings is 1. The Labute approximate surface area is 165 Å². The highest BCUT2D eigenvalue weighted by atomic mass is 32.2. The fourth-order valence-corrected chi connectivity index (χ4v) is 3.74. The molecule has 2 aromatic heterocycles. The summed E-state index contributed by atoms with van der Waals surface area (Å²) in [7, 11) is 1.62. The summed E-state index contributed by atoms with van der Waals surface area (Å²) in [6, 6.07) is 7.62. The maximum absolute atomic E-state index is 12.4. The van der Waals surface area contributed by atoms with Crippen LogP contribution in [-0.2, 0) is 11.3 Å². The third-order valence-corrected chi connectivity index (χ3v) is 5.44. The first-order valence-electron chi connectivity index (χ1n) is 8.18. The molecule has 0 saturated heterocycles. The first-order chi connectivity index (χ1) is 13.1. The molecule has 27 heavy (non-hydrogen) atoms. The van der Waals surface area contributed by atoms with E-state index in [4.69, 9.17) is 4.74 Å². The van der Waals surface area contributed by atoms with E-state index in [0.717, 1.165) is 11.3 Å². The lowest BCUT2D eigenvalue weighted by atomic mass is 10.2. The average Bonchev–Trinajstić information content (AvgIpc) is 3.32. The van der Waals surface area contributed by atoms with Crippen LogP contribution in [0.5, 0.6) is 5.75 Å². The Kier molecular flexibility index (Phi) is 6.25. The minimum Gasteiger partial charge on any atom is -0.497 e. The summed E-state index contributed by atoms with van der Waals surface area (Å²) in [5.74, 6) is 1.31. The van der Waals surface area contributed by atoms with Crippen molar-refractivity contribution in [1.29, 1.82) is 0 Å². The molecule has 0 aliphatic carbocycles. The predicted octanol–water partition coefficient (Wildman–Crippen LogP) is 3.72. The lowest BCUT2D eigenvalue weighted by Crippen LogP contribution is -2.22. The zero-order valence-corrected chi connectivity index (χ0v) is 16.6. The van der Waals surface area contributed by atoms with Gasteiger partial charge in [-0.2, -0.15) is 0 Å². The smallest absolute Gasteiger partial charge is 0.239 e. The van der Waals surface area contributed by atoms with Crippen LogP contribution in [0.15, 0.2) is 53.7 Å². The highest BCUT2D eigenvalue weighted by Gasteiger charge is 2.21. The average molecular weight is 402 g/mol. The number of carbonyl (C=O) groups is 1. The second-order valence-electron chi connectivity index (χ2n) is 5.52. The molecule has 0 radical (unpaired) electrons. The minimum absolute atomic E-state index is 0.133. The molecule has 3 rings (SSSR count). The number of amides is 1. The van der Waals surface area contributed by atoms with Crippen molar-refractivity contribution in [3.63, 3.8) is 0 Å². The first-order valence-corrected chi connectivity index (χ1v) is 9.94. The van der Waals surface area contributed by atoms with Gasteiger partial charge in [0.05, 0.1) is 12.4 Å². The molecule has 9 heteroatoms. The van der Waals surface area contributed by atoms with Crippen LogP contribution in [0.25, 0.3) is 11.4 Å². The van der Waals surface area contributed by atoms with Crippen LogP contribution in [0.2, 0.25) is 0 Å². The largest absolute Gasteiger partial charge is 0.497 e. The Morgan fingerprint density at radius 3 is 3.04 bits per heavy atom. The number of nitrogens with zero attached hydrogens (tertiary/aromatic N) is 4. The van der Waals surface area contributed by atoms with Gasteiger partial charge in [-0.25, -0.2) is 4.98 Å². The van der Waals surface area contributed by atoms with Crippen molar-refractivity contribution < 1.29 is 9.53 Å². The van der Waals surface area contributed by atoms with Gasteiger partial charge < -0.3 is 10.1 Å². The molecule has 7 nitrogen and oxygen atoms in total. The summed E-state index contributed by atoms with van der Waals surface area (Å²) >= 11 is 2.72. The molecule has 2 heterocycles. The van der Waals surface area contributed by atoms with Crippen molar-refractivity contribution in [3.05, 3.63) is 48.5 Å². The Morgan fingerprint density at radius 2 is 2.33 bits per heavy atom. The molecule has 1 amide bonds. The number of hydrogen-bond acceptors (Lipinski definition) is 7. The highest BCUT2D eigenvalue weighted by Crippen LogP contribution is 2.29. The Hall–Kier alpha value is -2.65. The maximum Gasteiger partial charge on any atom is 0.239 e. The normalized spacial score (nSPS) is 11.8. The summed E-state index contributed by atoms with van der Waals surface area (Å²) < 4.78 is 7.22. The van der Waals surface area contributed by atoms with E-state index in [1.165, 1.54) is 23.1 Å². The molecule has 1 aromatic carbocycles. The van der Waals surface area contributed by atoms with Gasteiger partial charge in [0.2, 0.25) is 5.91 Å². The number of anilines is 1. The number of rotatable bonds is 8. The number of methoxy groups -OCH3 is 1. The van der Waals surface area contributed by atoms with Crippen LogP contribution in [0.3, 0.4) is 0 Å². The molecule has 3 aromatic rings. The summed E-state index contributed by atoms with van der Waals surface area (Å²) in [5, 5.41) is 14.1. The van der Waals surface area contributed by atoms with Crippen LogP contribution in [-0.4, -0.2) is 38.0 Å². The van der Waals surface area contributed by atoms with Gasteiger partial charge in [-0.1, -0.05) is 30.0 Å². The third kappa shape index (κ3) is 4.55. The molecule has 0 bridgehead atoms. The number of carbonyl (C=O) groups excluding carboxylic acids is 1. The number of ether oxygens (including phenoxy) is 1. The topological polar surface area (TPSA) is 81.9 Å². The highest BCUT2D eigenvalue weighted by molar-refractivity contribution is 8.00. The number of allylic oxidation sites excluding steroid dienone is 1. The minimum atomic E-state index is -0.361. The van der Waals surface area contributed by atoms with Crippen LogP contribution >= 0.6 is 23.1 Å². The van der Waals surface area contributed by atoms with Gasteiger partial charge in [0.25, 0.3) is 0 Å². The number of thiazole rings is 1. The molecule has 0 spiro atoms. The lowest BCUT2D eigenvalue weighted by Gasteiger charge is -2.12. The van der Waals surface area contributed by atoms with E-state index in [-0.39, 0.29) is 11.2 Å². The van der Waals surface area contributed by atoms with Crippen molar-refractivity contribution in [3.8, 4) is 17.1 Å². The summed E-state index contributed by atoms with van der Waals surface area (Å²) in [6.45, 7) is 6.17. The molecular formula is C18H19N5O2S2. The van der Waals surface area contributed by atoms with Gasteiger partial charge in [-0.3, -0.25) is 9.36 Å². The molecule has 0 aliphatic heterocycles. The zero-order chi connectivity index (χ0) is 19.2. The van der Waals surface area contributed by atoms with Crippen molar-refractivity contribution in [2.75, 3.05) is 12.4 Å². The molecule has 0 aliphatic rings. The third-order valence-electron chi connectivity index (χ3n) is 3.67. The van der Waals surface area contributed by atoms with E-state index in [1.807, 2.05) is 41.1 Å². The van der Waals surface area contributed by atoms with Gasteiger partial charge in [0.15, 0.2) is 16.1 Å². The Balaban J connectivity index is 1.82. The quantitative estimate of drug-likeness (QED) is 0.458. The lowest BCUT2D eigenvalue weighted by molar-refractivity contribution is -0.115. The van der Waals surface area contributed by atoms with Gasteiger partial charge in [-0.05, 0) is 19.1 Å². The molecule has 140 valence electrons. The van der Waals surface area contributed by atoms with E-state index >= 15 is 0 Å². The van der Waals surface area contributed by atoms with E-state index in [0.29, 0.717) is 22.7 Å². The SMILES string of the molecule is C=CCn1c(S[C@@H](C)C(=O)Nc2nccs2)nnc1-c1cccc(OC)c1. The van der Waals surface area contributed by atoms with Gasteiger partial charge >= 0.3 is 0 Å². The van der Waals surface area contributed by atoms with Crippen LogP contribution in [0.4, 0.5) is 5.13 Å². The van der Waals surface area contributed by atoms with E-state index in [2.05, 4.69) is 27.1 Å². The van der Waals surface area contributed by atoms with Crippen molar-refractivity contribution in [2.45, 2.75) is 23.9 Å². The Bertz CT molecular complexity index is 924. The fraction of sp³-hybridized carbons (Fsp3) is 0.222. The van der Waals surface area contributed by atoms with Crippen molar-refractivity contribution in [2.24, 2.45) is 0 Å². The van der Waals surface area contributed by atoms with Crippen LogP contribution < -0.4 is 10.1 Å². The van der Waals surface area contributed by atoms with E-state index in [9.17, 15) is 4.79 Å². The van der Waals surface area contributed by atoms with E-state index < -0.39 is 0 Å². The number of thioether (sulfide) groups is 1.